The van der Waals surface area contributed by atoms with Gasteiger partial charge in [0.25, 0.3) is 5.91 Å². The average Bonchev–Trinajstić information content (AvgIpc) is 3.46. The van der Waals surface area contributed by atoms with Crippen LogP contribution in [0.15, 0.2) is 18.5 Å². The molecule has 0 aliphatic heterocycles. The fourth-order valence-corrected chi connectivity index (χ4v) is 2.79. The number of amides is 1. The molecule has 0 radical (unpaired) electrons. The van der Waals surface area contributed by atoms with Crippen LogP contribution in [0.2, 0.25) is 0 Å². The maximum Gasteiger partial charge on any atom is 0.316 e. The Morgan fingerprint density at radius 2 is 2.00 bits per heavy atom. The van der Waals surface area contributed by atoms with Crippen LogP contribution in [0.25, 0.3) is 0 Å². The second kappa shape index (κ2) is 7.70. The number of ether oxygens (including phenoxy) is 1. The van der Waals surface area contributed by atoms with Crippen molar-refractivity contribution in [2.24, 2.45) is 17.4 Å². The third-order valence-electron chi connectivity index (χ3n) is 4.31. The van der Waals surface area contributed by atoms with E-state index in [-0.39, 0.29) is 35.3 Å². The molecule has 1 aliphatic carbocycles. The van der Waals surface area contributed by atoms with Crippen LogP contribution in [-0.4, -0.2) is 40.1 Å². The van der Waals surface area contributed by atoms with Crippen LogP contribution in [0.1, 0.15) is 30.1 Å². The molecule has 2 aromatic heterocycles. The van der Waals surface area contributed by atoms with Gasteiger partial charge in [0.05, 0.1) is 30.8 Å². The summed E-state index contributed by atoms with van der Waals surface area (Å²) in [5.41, 5.74) is 11.7. The maximum absolute atomic E-state index is 14.5. The van der Waals surface area contributed by atoms with Crippen molar-refractivity contribution in [1.82, 2.24) is 15.0 Å². The number of nitrogens with zero attached hydrogens (tertiary/aromatic N) is 3. The number of anilines is 3. The number of primary amides is 1. The van der Waals surface area contributed by atoms with E-state index in [4.69, 9.17) is 16.2 Å². The number of nitrogens with one attached hydrogen (secondary N) is 2. The highest BCUT2D eigenvalue weighted by Crippen LogP contribution is 2.36. The summed E-state index contributed by atoms with van der Waals surface area (Å²) < 4.78 is 19.4. The predicted octanol–water partition coefficient (Wildman–Crippen LogP) is 1.40. The number of hydrogen-bond acceptors (Lipinski definition) is 8. The van der Waals surface area contributed by atoms with Gasteiger partial charge in [0.2, 0.25) is 0 Å². The molecule has 0 saturated heterocycles. The van der Waals surface area contributed by atoms with Gasteiger partial charge in [-0.1, -0.05) is 0 Å². The molecular weight excluding hydrogens is 353 g/mol. The largest absolute Gasteiger partial charge is 0.467 e. The number of carbonyl (C=O) groups excluding carboxylic acids is 1. The summed E-state index contributed by atoms with van der Waals surface area (Å²) in [6, 6.07) is 0.953. The summed E-state index contributed by atoms with van der Waals surface area (Å²) in [4.78, 5) is 23.9. The van der Waals surface area contributed by atoms with Gasteiger partial charge in [-0.2, -0.15) is 0 Å². The van der Waals surface area contributed by atoms with Gasteiger partial charge in [-0.15, -0.1) is 0 Å². The molecule has 2 aromatic rings. The molecule has 1 saturated carbocycles. The van der Waals surface area contributed by atoms with Crippen molar-refractivity contribution in [3.63, 3.8) is 0 Å². The lowest BCUT2D eigenvalue weighted by molar-refractivity contribution is 0.100. The Kier molecular flexibility index (Phi) is 5.36. The highest BCUT2D eigenvalue weighted by atomic mass is 19.1. The summed E-state index contributed by atoms with van der Waals surface area (Å²) in [6.45, 7) is 1.86. The Hall–Kier alpha value is -3.01. The van der Waals surface area contributed by atoms with Crippen molar-refractivity contribution in [3.05, 3.63) is 29.8 Å². The number of aromatic nitrogens is 3. The smallest absolute Gasteiger partial charge is 0.316 e. The van der Waals surface area contributed by atoms with Gasteiger partial charge >= 0.3 is 6.01 Å². The normalized spacial score (nSPS) is 15.7. The molecule has 0 aromatic carbocycles. The first-order chi connectivity index (χ1) is 12.9. The van der Waals surface area contributed by atoms with Crippen molar-refractivity contribution in [3.8, 4) is 6.01 Å². The molecule has 2 heterocycles. The third-order valence-corrected chi connectivity index (χ3v) is 4.31. The SMILES string of the molecule is COc1ncc(Nc2nc(N[C@H](C3CC3)[C@H](C)N)c(F)cc2C(N)=O)cn1. The first kappa shape index (κ1) is 18.8. The topological polar surface area (TPSA) is 141 Å². The number of pyridine rings is 1. The number of halogens is 1. The Balaban J connectivity index is 1.91. The number of hydrogen-bond donors (Lipinski definition) is 4. The molecule has 27 heavy (non-hydrogen) atoms. The van der Waals surface area contributed by atoms with E-state index in [9.17, 15) is 9.18 Å². The van der Waals surface area contributed by atoms with Gasteiger partial charge in [0.15, 0.2) is 11.6 Å². The molecule has 0 unspecified atom stereocenters. The van der Waals surface area contributed by atoms with Crippen LogP contribution in [0.5, 0.6) is 6.01 Å². The second-order valence-electron chi connectivity index (χ2n) is 6.53. The summed E-state index contributed by atoms with van der Waals surface area (Å²) in [6.07, 6.45) is 4.97. The quantitative estimate of drug-likeness (QED) is 0.542. The zero-order chi connectivity index (χ0) is 19.6. The van der Waals surface area contributed by atoms with E-state index in [0.29, 0.717) is 11.6 Å². The van der Waals surface area contributed by atoms with Crippen molar-refractivity contribution < 1.29 is 13.9 Å². The number of carbonyl (C=O) groups is 1. The Morgan fingerprint density at radius 3 is 2.52 bits per heavy atom. The first-order valence-electron chi connectivity index (χ1n) is 8.54. The summed E-state index contributed by atoms with van der Waals surface area (Å²) >= 11 is 0. The summed E-state index contributed by atoms with van der Waals surface area (Å²) in [7, 11) is 1.45. The van der Waals surface area contributed by atoms with Crippen LogP contribution in [0.4, 0.5) is 21.7 Å². The van der Waals surface area contributed by atoms with E-state index >= 15 is 0 Å². The molecule has 1 amide bonds. The fraction of sp³-hybridized carbons (Fsp3) is 0.412. The number of nitrogens with two attached hydrogens (primary N) is 2. The van der Waals surface area contributed by atoms with Crippen LogP contribution in [-0.2, 0) is 0 Å². The lowest BCUT2D eigenvalue weighted by atomic mass is 10.1. The lowest BCUT2D eigenvalue weighted by Crippen LogP contribution is -2.40. The minimum absolute atomic E-state index is 0.00568. The van der Waals surface area contributed by atoms with E-state index in [0.717, 1.165) is 18.9 Å². The van der Waals surface area contributed by atoms with Crippen molar-refractivity contribution in [2.45, 2.75) is 31.8 Å². The van der Waals surface area contributed by atoms with Gasteiger partial charge in [0.1, 0.15) is 5.82 Å². The summed E-state index contributed by atoms with van der Waals surface area (Å²) in [5.74, 6) is -0.999. The number of rotatable bonds is 8. The predicted molar refractivity (Wildman–Crippen MR) is 98.4 cm³/mol. The minimum atomic E-state index is -0.809. The Bertz CT molecular complexity index is 823. The molecule has 0 bridgehead atoms. The van der Waals surface area contributed by atoms with Crippen LogP contribution < -0.4 is 26.8 Å². The molecule has 1 aliphatic rings. The minimum Gasteiger partial charge on any atom is -0.467 e. The van der Waals surface area contributed by atoms with E-state index in [1.807, 2.05) is 6.92 Å². The second-order valence-corrected chi connectivity index (χ2v) is 6.53. The van der Waals surface area contributed by atoms with E-state index in [2.05, 4.69) is 25.6 Å². The zero-order valence-electron chi connectivity index (χ0n) is 15.1. The average molecular weight is 375 g/mol. The standard InChI is InChI=1S/C17H22FN7O2/c1-8(19)13(9-3-4-9)24-16-12(18)5-11(14(20)26)15(25-16)23-10-6-21-17(27-2)22-7-10/h5-9,13H,3-4,19H2,1-2H3,(H2,20,26)(H2,23,24,25)/t8-,13-/m0/s1. The van der Waals surface area contributed by atoms with Crippen molar-refractivity contribution in [1.29, 1.82) is 0 Å². The molecule has 3 rings (SSSR count). The highest BCUT2D eigenvalue weighted by Gasteiger charge is 2.34. The van der Waals surface area contributed by atoms with Gasteiger partial charge in [0, 0.05) is 12.1 Å². The fourth-order valence-electron chi connectivity index (χ4n) is 2.79. The molecule has 6 N–H and O–H groups in total. The Morgan fingerprint density at radius 1 is 1.33 bits per heavy atom. The molecule has 1 fully saturated rings. The molecule has 0 spiro atoms. The van der Waals surface area contributed by atoms with E-state index in [1.165, 1.54) is 19.5 Å². The van der Waals surface area contributed by atoms with E-state index in [1.54, 1.807) is 0 Å². The monoisotopic (exact) mass is 375 g/mol. The van der Waals surface area contributed by atoms with Gasteiger partial charge in [-0.3, -0.25) is 4.79 Å². The molecule has 10 heteroatoms. The van der Waals surface area contributed by atoms with Gasteiger partial charge in [-0.25, -0.2) is 19.3 Å². The first-order valence-corrected chi connectivity index (χ1v) is 8.54. The molecule has 9 nitrogen and oxygen atoms in total. The molecule has 2 atom stereocenters. The van der Waals surface area contributed by atoms with Crippen molar-refractivity contribution >= 4 is 23.2 Å². The van der Waals surface area contributed by atoms with Crippen molar-refractivity contribution in [2.75, 3.05) is 17.7 Å². The molecular formula is C17H22FN7O2. The van der Waals surface area contributed by atoms with Crippen LogP contribution >= 0.6 is 0 Å². The maximum atomic E-state index is 14.5. The Labute approximate surface area is 155 Å². The lowest BCUT2D eigenvalue weighted by Gasteiger charge is -2.23. The number of methoxy groups -OCH3 is 1. The van der Waals surface area contributed by atoms with Crippen LogP contribution in [0.3, 0.4) is 0 Å². The van der Waals surface area contributed by atoms with Gasteiger partial charge in [-0.05, 0) is 31.7 Å². The zero-order valence-corrected chi connectivity index (χ0v) is 15.1. The van der Waals surface area contributed by atoms with E-state index < -0.39 is 11.7 Å². The summed E-state index contributed by atoms with van der Waals surface area (Å²) in [5, 5.41) is 5.95. The van der Waals surface area contributed by atoms with Gasteiger partial charge < -0.3 is 26.8 Å². The third kappa shape index (κ3) is 4.40. The molecule has 144 valence electrons. The van der Waals surface area contributed by atoms with Crippen LogP contribution in [0, 0.1) is 11.7 Å². The highest BCUT2D eigenvalue weighted by molar-refractivity contribution is 5.98.